The lowest BCUT2D eigenvalue weighted by Gasteiger charge is -2.14. The highest BCUT2D eigenvalue weighted by Crippen LogP contribution is 2.07. The third-order valence-corrected chi connectivity index (χ3v) is 2.68. The summed E-state index contributed by atoms with van der Waals surface area (Å²) in [5.41, 5.74) is 0. The Morgan fingerprint density at radius 1 is 1.06 bits per heavy atom. The van der Waals surface area contributed by atoms with Gasteiger partial charge in [-0.2, -0.15) is 0 Å². The quantitative estimate of drug-likeness (QED) is 0.571. The number of hydrogen-bond acceptors (Lipinski definition) is 4. The Kier molecular flexibility index (Phi) is 9.24. The van der Waals surface area contributed by atoms with Crippen molar-refractivity contribution in [3.8, 4) is 0 Å². The van der Waals surface area contributed by atoms with Crippen molar-refractivity contribution >= 4 is 5.97 Å². The molecule has 0 bridgehead atoms. The topological polar surface area (TPSA) is 44.8 Å². The van der Waals surface area contributed by atoms with Crippen LogP contribution in [0.3, 0.4) is 0 Å². The largest absolute Gasteiger partial charge is 0.463 e. The monoisotopic (exact) mass is 232 g/mol. The van der Waals surface area contributed by atoms with Crippen molar-refractivity contribution in [2.75, 3.05) is 20.8 Å². The molecule has 0 heterocycles. The predicted octanol–water partition coefficient (Wildman–Crippen LogP) is 2.16. The first-order valence-corrected chi connectivity index (χ1v) is 5.89. The summed E-state index contributed by atoms with van der Waals surface area (Å²) in [5.74, 6) is -0.175. The lowest BCUT2D eigenvalue weighted by Crippen LogP contribution is -2.21. The number of rotatable bonds is 9. The fraction of sp³-hybridized carbons (Fsp3) is 0.917. The van der Waals surface area contributed by atoms with E-state index in [2.05, 4.69) is 0 Å². The molecule has 0 rings (SSSR count). The molecule has 0 aromatic heterocycles. The number of hydrogen-bond donors (Lipinski definition) is 0. The van der Waals surface area contributed by atoms with Gasteiger partial charge in [-0.3, -0.25) is 4.79 Å². The fourth-order valence-electron chi connectivity index (χ4n) is 1.38. The summed E-state index contributed by atoms with van der Waals surface area (Å²) in [7, 11) is 3.29. The van der Waals surface area contributed by atoms with E-state index in [1.165, 1.54) is 0 Å². The molecule has 0 saturated carbocycles. The molecule has 4 heteroatoms. The molecule has 96 valence electrons. The molecular formula is C12H24O4. The summed E-state index contributed by atoms with van der Waals surface area (Å²) in [6, 6.07) is 0. The molecule has 0 aromatic carbocycles. The van der Waals surface area contributed by atoms with Gasteiger partial charge in [0.15, 0.2) is 0 Å². The minimum Gasteiger partial charge on any atom is -0.463 e. The molecule has 0 aromatic rings. The van der Waals surface area contributed by atoms with Gasteiger partial charge in [0.2, 0.25) is 0 Å². The van der Waals surface area contributed by atoms with E-state index in [9.17, 15) is 4.79 Å². The highest BCUT2D eigenvalue weighted by Gasteiger charge is 2.11. The van der Waals surface area contributed by atoms with E-state index in [1.807, 2.05) is 13.8 Å². The Labute approximate surface area is 98.3 Å². The molecule has 0 N–H and O–H groups in total. The predicted molar refractivity (Wildman–Crippen MR) is 62.4 cm³/mol. The Bertz CT molecular complexity index is 156. The van der Waals surface area contributed by atoms with E-state index >= 15 is 0 Å². The van der Waals surface area contributed by atoms with Crippen LogP contribution < -0.4 is 0 Å². The molecule has 0 aliphatic carbocycles. The summed E-state index contributed by atoms with van der Waals surface area (Å²) in [6.07, 6.45) is 3.05. The van der Waals surface area contributed by atoms with Crippen molar-refractivity contribution < 1.29 is 19.0 Å². The third-order valence-electron chi connectivity index (χ3n) is 2.68. The smallest absolute Gasteiger partial charge is 0.305 e. The number of methoxy groups -OCH3 is 2. The second-order valence-corrected chi connectivity index (χ2v) is 3.75. The third kappa shape index (κ3) is 6.80. The molecule has 2 atom stereocenters. The summed E-state index contributed by atoms with van der Waals surface area (Å²) in [6.45, 7) is 4.38. The molecular weight excluding hydrogens is 208 g/mol. The van der Waals surface area contributed by atoms with Gasteiger partial charge in [0.1, 0.15) is 6.61 Å². The average Bonchev–Trinajstić information content (AvgIpc) is 2.31. The van der Waals surface area contributed by atoms with Gasteiger partial charge in [-0.1, -0.05) is 13.8 Å². The van der Waals surface area contributed by atoms with E-state index in [0.717, 1.165) is 19.3 Å². The summed E-state index contributed by atoms with van der Waals surface area (Å²) < 4.78 is 15.4. The van der Waals surface area contributed by atoms with Gasteiger partial charge in [0.25, 0.3) is 0 Å². The SMILES string of the molecule is CCC(CCC(=O)OCC(CC)OC)OC. The number of carbonyl (C=O) groups excluding carboxylic acids is 1. The maximum Gasteiger partial charge on any atom is 0.305 e. The standard InChI is InChI=1S/C12H24O4/c1-5-10(14-3)7-8-12(13)16-9-11(6-2)15-4/h10-11H,5-9H2,1-4H3. The molecule has 2 unspecified atom stereocenters. The maximum absolute atomic E-state index is 11.4. The Morgan fingerprint density at radius 2 is 1.62 bits per heavy atom. The van der Waals surface area contributed by atoms with Crippen LogP contribution in [0.25, 0.3) is 0 Å². The zero-order valence-electron chi connectivity index (χ0n) is 10.8. The van der Waals surface area contributed by atoms with Crippen LogP contribution in [-0.4, -0.2) is 39.0 Å². The number of carbonyl (C=O) groups is 1. The van der Waals surface area contributed by atoms with E-state index in [-0.39, 0.29) is 18.2 Å². The second kappa shape index (κ2) is 9.60. The van der Waals surface area contributed by atoms with Gasteiger partial charge in [0, 0.05) is 20.6 Å². The number of esters is 1. The van der Waals surface area contributed by atoms with Crippen LogP contribution in [-0.2, 0) is 19.0 Å². The summed E-state index contributed by atoms with van der Waals surface area (Å²) in [5, 5.41) is 0. The molecule has 0 amide bonds. The van der Waals surface area contributed by atoms with Crippen LogP contribution in [0.1, 0.15) is 39.5 Å². The van der Waals surface area contributed by atoms with Crippen molar-refractivity contribution in [2.24, 2.45) is 0 Å². The highest BCUT2D eigenvalue weighted by atomic mass is 16.6. The Morgan fingerprint density at radius 3 is 2.06 bits per heavy atom. The van der Waals surface area contributed by atoms with E-state index < -0.39 is 0 Å². The van der Waals surface area contributed by atoms with Crippen molar-refractivity contribution in [3.05, 3.63) is 0 Å². The highest BCUT2D eigenvalue weighted by molar-refractivity contribution is 5.69. The first-order chi connectivity index (χ1) is 7.67. The van der Waals surface area contributed by atoms with Gasteiger partial charge in [-0.05, 0) is 19.3 Å². The molecule has 0 fully saturated rings. The van der Waals surface area contributed by atoms with Crippen LogP contribution >= 0.6 is 0 Å². The average molecular weight is 232 g/mol. The van der Waals surface area contributed by atoms with Gasteiger partial charge in [0.05, 0.1) is 12.2 Å². The van der Waals surface area contributed by atoms with Crippen LogP contribution in [0.4, 0.5) is 0 Å². The molecule has 0 aliphatic rings. The number of ether oxygens (including phenoxy) is 3. The van der Waals surface area contributed by atoms with E-state index in [1.54, 1.807) is 14.2 Å². The zero-order chi connectivity index (χ0) is 12.4. The lowest BCUT2D eigenvalue weighted by atomic mass is 10.1. The van der Waals surface area contributed by atoms with E-state index in [4.69, 9.17) is 14.2 Å². The summed E-state index contributed by atoms with van der Waals surface area (Å²) >= 11 is 0. The lowest BCUT2D eigenvalue weighted by molar-refractivity contribution is -0.148. The van der Waals surface area contributed by atoms with Crippen LogP contribution in [0.2, 0.25) is 0 Å². The first kappa shape index (κ1) is 15.4. The summed E-state index contributed by atoms with van der Waals surface area (Å²) in [4.78, 5) is 11.4. The van der Waals surface area contributed by atoms with E-state index in [0.29, 0.717) is 13.0 Å². The van der Waals surface area contributed by atoms with Gasteiger partial charge < -0.3 is 14.2 Å². The van der Waals surface area contributed by atoms with Crippen molar-refractivity contribution in [2.45, 2.75) is 51.7 Å². The minimum absolute atomic E-state index is 0.00773. The molecule has 16 heavy (non-hydrogen) atoms. The zero-order valence-corrected chi connectivity index (χ0v) is 10.8. The fourth-order valence-corrected chi connectivity index (χ4v) is 1.38. The van der Waals surface area contributed by atoms with Crippen LogP contribution in [0, 0.1) is 0 Å². The van der Waals surface area contributed by atoms with Crippen molar-refractivity contribution in [1.82, 2.24) is 0 Å². The van der Waals surface area contributed by atoms with Gasteiger partial charge >= 0.3 is 5.97 Å². The van der Waals surface area contributed by atoms with Gasteiger partial charge in [-0.25, -0.2) is 0 Å². The van der Waals surface area contributed by atoms with Gasteiger partial charge in [-0.15, -0.1) is 0 Å². The minimum atomic E-state index is -0.175. The van der Waals surface area contributed by atoms with Crippen molar-refractivity contribution in [1.29, 1.82) is 0 Å². The maximum atomic E-state index is 11.4. The molecule has 0 aliphatic heterocycles. The normalized spacial score (nSPS) is 14.5. The Hall–Kier alpha value is -0.610. The second-order valence-electron chi connectivity index (χ2n) is 3.75. The Balaban J connectivity index is 3.65. The molecule has 0 spiro atoms. The first-order valence-electron chi connectivity index (χ1n) is 5.89. The molecule has 0 saturated heterocycles. The van der Waals surface area contributed by atoms with Crippen molar-refractivity contribution in [3.63, 3.8) is 0 Å². The molecule has 4 nitrogen and oxygen atoms in total. The molecule has 0 radical (unpaired) electrons. The van der Waals surface area contributed by atoms with Crippen LogP contribution in [0.15, 0.2) is 0 Å². The van der Waals surface area contributed by atoms with Crippen LogP contribution in [0.5, 0.6) is 0 Å².